The van der Waals surface area contributed by atoms with Gasteiger partial charge in [-0.25, -0.2) is 0 Å². The molecule has 6 nitrogen and oxygen atoms in total. The molecule has 1 unspecified atom stereocenters. The number of hydrogen-bond donors (Lipinski definition) is 5. The third-order valence-electron chi connectivity index (χ3n) is 2.50. The Morgan fingerprint density at radius 2 is 2.21 bits per heavy atom. The summed E-state index contributed by atoms with van der Waals surface area (Å²) in [4.78, 5) is 0. The molecule has 0 amide bonds. The van der Waals surface area contributed by atoms with Crippen molar-refractivity contribution in [3.63, 3.8) is 0 Å². The molecule has 1 aromatic rings. The molecule has 0 aliphatic rings. The van der Waals surface area contributed by atoms with Gasteiger partial charge < -0.3 is 25.2 Å². The fourth-order valence-electron chi connectivity index (χ4n) is 1.48. The Bertz CT molecular complexity index is 445. The number of nitrogens with one attached hydrogen (secondary N) is 2. The molecule has 8 heteroatoms. The van der Waals surface area contributed by atoms with Crippen LogP contribution in [0.4, 0.5) is 5.69 Å². The molecular weight excluding hydrogens is 270 g/mol. The highest BCUT2D eigenvalue weighted by molar-refractivity contribution is 6.60. The van der Waals surface area contributed by atoms with Gasteiger partial charge in [0.2, 0.25) is 5.90 Å². The van der Waals surface area contributed by atoms with E-state index in [0.29, 0.717) is 11.3 Å². The van der Waals surface area contributed by atoms with Gasteiger partial charge in [-0.15, -0.1) is 11.6 Å². The Hall–Kier alpha value is -1.28. The predicted molar refractivity (Wildman–Crippen MR) is 75.3 cm³/mol. The van der Waals surface area contributed by atoms with E-state index < -0.39 is 13.2 Å². The van der Waals surface area contributed by atoms with Gasteiger partial charge in [0.05, 0.1) is 19.1 Å². The van der Waals surface area contributed by atoms with Crippen LogP contribution in [0, 0.1) is 5.41 Å². The van der Waals surface area contributed by atoms with E-state index >= 15 is 0 Å². The first kappa shape index (κ1) is 15.8. The van der Waals surface area contributed by atoms with E-state index in [4.69, 9.17) is 21.7 Å². The van der Waals surface area contributed by atoms with Crippen LogP contribution < -0.4 is 10.8 Å². The van der Waals surface area contributed by atoms with Crippen molar-refractivity contribution in [3.05, 3.63) is 23.8 Å². The van der Waals surface area contributed by atoms with E-state index in [1.54, 1.807) is 12.1 Å². The zero-order valence-corrected chi connectivity index (χ0v) is 11.2. The second-order valence-electron chi connectivity index (χ2n) is 3.90. The number of aliphatic hydroxyl groups excluding tert-OH is 1. The Balaban J connectivity index is 2.98. The van der Waals surface area contributed by atoms with Gasteiger partial charge in [-0.2, -0.15) is 0 Å². The highest BCUT2D eigenvalue weighted by Gasteiger charge is 2.18. The molecule has 1 rings (SSSR count). The highest BCUT2D eigenvalue weighted by atomic mass is 35.5. The van der Waals surface area contributed by atoms with Gasteiger partial charge in [0.1, 0.15) is 0 Å². The summed E-state index contributed by atoms with van der Waals surface area (Å²) in [6.45, 7) is 0.160. The van der Waals surface area contributed by atoms with Crippen LogP contribution in [0.15, 0.2) is 18.2 Å². The van der Waals surface area contributed by atoms with Crippen molar-refractivity contribution in [2.45, 2.75) is 6.10 Å². The van der Waals surface area contributed by atoms with Gasteiger partial charge >= 0.3 is 7.12 Å². The summed E-state index contributed by atoms with van der Waals surface area (Å²) in [5, 5.41) is 38.3. The second-order valence-corrected chi connectivity index (χ2v) is 4.21. The monoisotopic (exact) mass is 286 g/mol. The van der Waals surface area contributed by atoms with Crippen LogP contribution in [0.5, 0.6) is 0 Å². The summed E-state index contributed by atoms with van der Waals surface area (Å²) in [5.74, 6) is 0.0253. The van der Waals surface area contributed by atoms with E-state index in [1.807, 2.05) is 0 Å². The third kappa shape index (κ3) is 4.39. The smallest absolute Gasteiger partial charge is 0.481 e. The lowest BCUT2D eigenvalue weighted by atomic mass is 9.78. The average molecular weight is 287 g/mol. The topological polar surface area (TPSA) is 106 Å². The van der Waals surface area contributed by atoms with Crippen molar-refractivity contribution in [2.75, 3.05) is 24.9 Å². The molecule has 1 atom stereocenters. The van der Waals surface area contributed by atoms with E-state index in [0.717, 1.165) is 0 Å². The number of halogens is 1. The van der Waals surface area contributed by atoms with Crippen molar-refractivity contribution >= 4 is 35.8 Å². The number of hydrogen-bond acceptors (Lipinski definition) is 6. The van der Waals surface area contributed by atoms with Crippen molar-refractivity contribution < 1.29 is 19.9 Å². The summed E-state index contributed by atoms with van der Waals surface area (Å²) >= 11 is 5.48. The summed E-state index contributed by atoms with van der Waals surface area (Å²) in [7, 11) is -0.275. The van der Waals surface area contributed by atoms with E-state index in [2.05, 4.69) is 5.32 Å². The first-order chi connectivity index (χ1) is 8.99. The number of ether oxygens (including phenoxy) is 1. The molecule has 0 heterocycles. The zero-order valence-electron chi connectivity index (χ0n) is 10.4. The maximum absolute atomic E-state index is 9.39. The minimum absolute atomic E-state index is 0.0417. The highest BCUT2D eigenvalue weighted by Crippen LogP contribution is 2.10. The molecule has 19 heavy (non-hydrogen) atoms. The lowest BCUT2D eigenvalue weighted by Crippen LogP contribution is -2.34. The predicted octanol–water partition coefficient (Wildman–Crippen LogP) is -0.650. The lowest BCUT2D eigenvalue weighted by molar-refractivity contribution is 0.211. The molecule has 1 aromatic carbocycles. The summed E-state index contributed by atoms with van der Waals surface area (Å²) in [6.07, 6.45) is -0.754. The molecular formula is C11H16BClN2O4. The SMILES string of the molecule is COC(=N)c1ccc(B(O)O)c(NCC(O)CCl)c1. The molecule has 0 fully saturated rings. The lowest BCUT2D eigenvalue weighted by Gasteiger charge is -2.15. The summed E-state index contributed by atoms with van der Waals surface area (Å²) in [5.41, 5.74) is 1.13. The van der Waals surface area contributed by atoms with Gasteiger partial charge in [0.25, 0.3) is 0 Å². The molecule has 0 saturated heterocycles. The Labute approximate surface area is 116 Å². The van der Waals surface area contributed by atoms with Crippen molar-refractivity contribution in [1.29, 1.82) is 5.41 Å². The van der Waals surface area contributed by atoms with Crippen LogP contribution in [-0.2, 0) is 4.74 Å². The largest absolute Gasteiger partial charge is 0.490 e. The minimum Gasteiger partial charge on any atom is -0.481 e. The molecule has 0 aromatic heterocycles. The van der Waals surface area contributed by atoms with Gasteiger partial charge in [-0.3, -0.25) is 5.41 Å². The molecule has 104 valence electrons. The zero-order chi connectivity index (χ0) is 14.4. The maximum atomic E-state index is 9.39. The number of alkyl halides is 1. The maximum Gasteiger partial charge on any atom is 0.490 e. The number of rotatable bonds is 6. The van der Waals surface area contributed by atoms with Crippen LogP contribution >= 0.6 is 11.6 Å². The fourth-order valence-corrected chi connectivity index (χ4v) is 1.59. The Morgan fingerprint density at radius 3 is 2.74 bits per heavy atom. The third-order valence-corrected chi connectivity index (χ3v) is 2.86. The van der Waals surface area contributed by atoms with Gasteiger partial charge in [-0.05, 0) is 12.1 Å². The van der Waals surface area contributed by atoms with Crippen LogP contribution in [-0.4, -0.2) is 53.8 Å². The molecule has 0 aliphatic carbocycles. The molecule has 0 radical (unpaired) electrons. The summed E-state index contributed by atoms with van der Waals surface area (Å²) < 4.78 is 4.80. The number of anilines is 1. The first-order valence-corrected chi connectivity index (χ1v) is 6.14. The van der Waals surface area contributed by atoms with E-state index in [-0.39, 0.29) is 23.8 Å². The summed E-state index contributed by atoms with van der Waals surface area (Å²) in [6, 6.07) is 4.56. The van der Waals surface area contributed by atoms with Crippen LogP contribution in [0.1, 0.15) is 5.56 Å². The van der Waals surface area contributed by atoms with Crippen LogP contribution in [0.2, 0.25) is 0 Å². The number of methoxy groups -OCH3 is 1. The Morgan fingerprint density at radius 1 is 1.53 bits per heavy atom. The number of aliphatic hydroxyl groups is 1. The minimum atomic E-state index is -1.65. The quantitative estimate of drug-likeness (QED) is 0.207. The van der Waals surface area contributed by atoms with E-state index in [9.17, 15) is 15.2 Å². The van der Waals surface area contributed by atoms with Crippen LogP contribution in [0.25, 0.3) is 0 Å². The normalized spacial score (nSPS) is 11.8. The number of benzene rings is 1. The van der Waals surface area contributed by atoms with E-state index in [1.165, 1.54) is 13.2 Å². The van der Waals surface area contributed by atoms with Gasteiger partial charge in [-0.1, -0.05) is 6.07 Å². The second kappa shape index (κ2) is 7.35. The fraction of sp³-hybridized carbons (Fsp3) is 0.364. The van der Waals surface area contributed by atoms with Gasteiger partial charge in [0, 0.05) is 23.3 Å². The first-order valence-electron chi connectivity index (χ1n) is 5.60. The van der Waals surface area contributed by atoms with Gasteiger partial charge in [0.15, 0.2) is 0 Å². The van der Waals surface area contributed by atoms with Crippen molar-refractivity contribution in [3.8, 4) is 0 Å². The Kier molecular flexibility index (Phi) is 6.10. The standard InChI is InChI=1S/C11H16BClN2O4/c1-19-11(14)7-2-3-9(12(17)18)10(4-7)15-6-8(16)5-13/h2-4,8,14-18H,5-6H2,1H3. The molecule has 0 aliphatic heterocycles. The molecule has 5 N–H and O–H groups in total. The van der Waals surface area contributed by atoms with Crippen LogP contribution in [0.3, 0.4) is 0 Å². The van der Waals surface area contributed by atoms with Crippen molar-refractivity contribution in [2.24, 2.45) is 0 Å². The molecule has 0 spiro atoms. The average Bonchev–Trinajstić information content (AvgIpc) is 2.43. The molecule has 0 bridgehead atoms. The molecule has 0 saturated carbocycles. The van der Waals surface area contributed by atoms with Crippen molar-refractivity contribution in [1.82, 2.24) is 0 Å².